The van der Waals surface area contributed by atoms with Gasteiger partial charge in [0.25, 0.3) is 0 Å². The fourth-order valence-corrected chi connectivity index (χ4v) is 2.73. The highest BCUT2D eigenvalue weighted by molar-refractivity contribution is 5.08. The Morgan fingerprint density at radius 1 is 1.44 bits per heavy atom. The second kappa shape index (κ2) is 7.49. The molecule has 2 heterocycles. The Labute approximate surface area is 111 Å². The highest BCUT2D eigenvalue weighted by Crippen LogP contribution is 2.12. The number of rotatable bonds is 6. The zero-order valence-corrected chi connectivity index (χ0v) is 11.4. The lowest BCUT2D eigenvalue weighted by molar-refractivity contribution is 0.167. The van der Waals surface area contributed by atoms with Crippen LogP contribution < -0.4 is 5.32 Å². The van der Waals surface area contributed by atoms with Crippen molar-refractivity contribution in [2.24, 2.45) is 0 Å². The molecule has 1 N–H and O–H groups in total. The topological polar surface area (TPSA) is 28.2 Å². The zero-order chi connectivity index (χ0) is 12.6. The van der Waals surface area contributed by atoms with Crippen LogP contribution in [0.5, 0.6) is 0 Å². The zero-order valence-electron chi connectivity index (χ0n) is 11.4. The molecule has 2 rings (SSSR count). The first-order chi connectivity index (χ1) is 8.90. The fraction of sp³-hybridized carbons (Fsp3) is 0.667. The van der Waals surface area contributed by atoms with Crippen LogP contribution in [0, 0.1) is 0 Å². The maximum Gasteiger partial charge on any atom is 0.0300 e. The van der Waals surface area contributed by atoms with Gasteiger partial charge in [-0.2, -0.15) is 0 Å². The minimum Gasteiger partial charge on any atom is -0.315 e. The van der Waals surface area contributed by atoms with Crippen molar-refractivity contribution >= 4 is 0 Å². The molecular weight excluding hydrogens is 222 g/mol. The van der Waals surface area contributed by atoms with E-state index in [0.717, 1.165) is 25.6 Å². The van der Waals surface area contributed by atoms with Gasteiger partial charge in [0.15, 0.2) is 0 Å². The number of pyridine rings is 1. The maximum absolute atomic E-state index is 4.19. The summed E-state index contributed by atoms with van der Waals surface area (Å²) in [5, 5.41) is 3.52. The van der Waals surface area contributed by atoms with Crippen LogP contribution in [-0.2, 0) is 6.42 Å². The summed E-state index contributed by atoms with van der Waals surface area (Å²) in [5.41, 5.74) is 1.35. The van der Waals surface area contributed by atoms with Gasteiger partial charge in [-0.05, 0) is 50.4 Å². The van der Waals surface area contributed by atoms with Crippen LogP contribution in [0.25, 0.3) is 0 Å². The van der Waals surface area contributed by atoms with Crippen molar-refractivity contribution in [2.45, 2.75) is 38.6 Å². The monoisotopic (exact) mass is 247 g/mol. The van der Waals surface area contributed by atoms with Crippen LogP contribution in [0.2, 0.25) is 0 Å². The molecule has 0 radical (unpaired) electrons. The summed E-state index contributed by atoms with van der Waals surface area (Å²) in [6.45, 7) is 7.00. The lowest BCUT2D eigenvalue weighted by Crippen LogP contribution is -2.47. The Kier molecular flexibility index (Phi) is 5.62. The van der Waals surface area contributed by atoms with Gasteiger partial charge in [-0.1, -0.05) is 13.0 Å². The molecule has 0 spiro atoms. The molecule has 3 heteroatoms. The summed E-state index contributed by atoms with van der Waals surface area (Å²) in [7, 11) is 0. The predicted octanol–water partition coefficient (Wildman–Crippen LogP) is 2.09. The summed E-state index contributed by atoms with van der Waals surface area (Å²) < 4.78 is 0. The number of piperidine rings is 1. The van der Waals surface area contributed by atoms with E-state index in [2.05, 4.69) is 28.2 Å². The van der Waals surface area contributed by atoms with Crippen molar-refractivity contribution in [3.63, 3.8) is 0 Å². The van der Waals surface area contributed by atoms with E-state index in [4.69, 9.17) is 0 Å². The lowest BCUT2D eigenvalue weighted by atomic mass is 10.0. The van der Waals surface area contributed by atoms with Crippen molar-refractivity contribution in [2.75, 3.05) is 26.2 Å². The highest BCUT2D eigenvalue weighted by Gasteiger charge is 2.19. The molecule has 100 valence electrons. The Bertz CT molecular complexity index is 320. The molecule has 0 amide bonds. The molecule has 1 aliphatic heterocycles. The Morgan fingerprint density at radius 2 is 2.39 bits per heavy atom. The molecule has 1 aromatic heterocycles. The minimum absolute atomic E-state index is 0.732. The number of hydrogen-bond donors (Lipinski definition) is 1. The van der Waals surface area contributed by atoms with Crippen molar-refractivity contribution < 1.29 is 0 Å². The van der Waals surface area contributed by atoms with E-state index < -0.39 is 0 Å². The number of aromatic nitrogens is 1. The summed E-state index contributed by atoms with van der Waals surface area (Å²) in [5.74, 6) is 0. The van der Waals surface area contributed by atoms with Gasteiger partial charge in [0.05, 0.1) is 0 Å². The highest BCUT2D eigenvalue weighted by atomic mass is 15.2. The largest absolute Gasteiger partial charge is 0.315 e. The Balaban J connectivity index is 1.85. The SMILES string of the molecule is CCCN(CCc1cccnc1)C1CCCNC1. The second-order valence-corrected chi connectivity index (χ2v) is 5.15. The van der Waals surface area contributed by atoms with E-state index >= 15 is 0 Å². The third kappa shape index (κ3) is 4.07. The van der Waals surface area contributed by atoms with Gasteiger partial charge >= 0.3 is 0 Å². The van der Waals surface area contributed by atoms with E-state index in [-0.39, 0.29) is 0 Å². The first kappa shape index (κ1) is 13.5. The molecule has 0 saturated carbocycles. The van der Waals surface area contributed by atoms with Crippen LogP contribution in [0.4, 0.5) is 0 Å². The predicted molar refractivity (Wildman–Crippen MR) is 75.7 cm³/mol. The first-order valence-electron chi connectivity index (χ1n) is 7.24. The Hall–Kier alpha value is -0.930. The van der Waals surface area contributed by atoms with E-state index in [1.165, 1.54) is 37.9 Å². The van der Waals surface area contributed by atoms with Crippen molar-refractivity contribution in [1.29, 1.82) is 0 Å². The smallest absolute Gasteiger partial charge is 0.0300 e. The number of hydrogen-bond acceptors (Lipinski definition) is 3. The van der Waals surface area contributed by atoms with E-state index in [0.29, 0.717) is 0 Å². The van der Waals surface area contributed by atoms with Gasteiger partial charge < -0.3 is 5.32 Å². The van der Waals surface area contributed by atoms with Crippen LogP contribution in [0.1, 0.15) is 31.7 Å². The van der Waals surface area contributed by atoms with E-state index in [1.54, 1.807) is 0 Å². The molecule has 18 heavy (non-hydrogen) atoms. The second-order valence-electron chi connectivity index (χ2n) is 5.15. The number of nitrogens with zero attached hydrogens (tertiary/aromatic N) is 2. The quantitative estimate of drug-likeness (QED) is 0.834. The first-order valence-corrected chi connectivity index (χ1v) is 7.24. The average Bonchev–Trinajstić information content (AvgIpc) is 2.45. The van der Waals surface area contributed by atoms with Gasteiger partial charge in [0.1, 0.15) is 0 Å². The van der Waals surface area contributed by atoms with Crippen LogP contribution in [0.3, 0.4) is 0 Å². The molecule has 0 aromatic carbocycles. The lowest BCUT2D eigenvalue weighted by Gasteiger charge is -2.34. The van der Waals surface area contributed by atoms with Crippen LogP contribution in [0.15, 0.2) is 24.5 Å². The summed E-state index contributed by atoms with van der Waals surface area (Å²) >= 11 is 0. The third-order valence-corrected chi connectivity index (χ3v) is 3.71. The molecule has 1 atom stereocenters. The van der Waals surface area contributed by atoms with E-state index in [9.17, 15) is 0 Å². The van der Waals surface area contributed by atoms with Gasteiger partial charge in [0, 0.05) is 31.5 Å². The molecule has 3 nitrogen and oxygen atoms in total. The molecular formula is C15H25N3. The summed E-state index contributed by atoms with van der Waals surface area (Å²) in [6, 6.07) is 4.94. The molecule has 1 aromatic rings. The normalized spacial score (nSPS) is 20.2. The van der Waals surface area contributed by atoms with Gasteiger partial charge in [-0.3, -0.25) is 9.88 Å². The fourth-order valence-electron chi connectivity index (χ4n) is 2.73. The van der Waals surface area contributed by atoms with Crippen LogP contribution >= 0.6 is 0 Å². The van der Waals surface area contributed by atoms with Gasteiger partial charge in [-0.25, -0.2) is 0 Å². The molecule has 1 unspecified atom stereocenters. The summed E-state index contributed by atoms with van der Waals surface area (Å²) in [4.78, 5) is 6.84. The van der Waals surface area contributed by atoms with Crippen molar-refractivity contribution in [3.8, 4) is 0 Å². The molecule has 1 saturated heterocycles. The van der Waals surface area contributed by atoms with Crippen molar-refractivity contribution in [1.82, 2.24) is 15.2 Å². The van der Waals surface area contributed by atoms with Gasteiger partial charge in [-0.15, -0.1) is 0 Å². The third-order valence-electron chi connectivity index (χ3n) is 3.71. The van der Waals surface area contributed by atoms with E-state index in [1.807, 2.05) is 18.5 Å². The molecule has 1 fully saturated rings. The van der Waals surface area contributed by atoms with Crippen molar-refractivity contribution in [3.05, 3.63) is 30.1 Å². The maximum atomic E-state index is 4.19. The average molecular weight is 247 g/mol. The molecule has 1 aliphatic rings. The minimum atomic E-state index is 0.732. The summed E-state index contributed by atoms with van der Waals surface area (Å²) in [6.07, 6.45) is 8.85. The van der Waals surface area contributed by atoms with Gasteiger partial charge in [0.2, 0.25) is 0 Å². The standard InChI is InChI=1S/C15H25N3/c1-2-10-18(15-6-4-9-17-13-15)11-7-14-5-3-8-16-12-14/h3,5,8,12,15,17H,2,4,6-7,9-11,13H2,1H3. The number of nitrogens with one attached hydrogen (secondary N) is 1. The Morgan fingerprint density at radius 3 is 3.06 bits per heavy atom. The molecule has 0 bridgehead atoms. The molecule has 0 aliphatic carbocycles. The van der Waals surface area contributed by atoms with Crippen LogP contribution in [-0.4, -0.2) is 42.1 Å².